The molecule has 0 unspecified atom stereocenters. The molecule has 0 amide bonds. The zero-order valence-electron chi connectivity index (χ0n) is 11.4. The summed E-state index contributed by atoms with van der Waals surface area (Å²) in [7, 11) is 1.77. The molecular formula is C15H22O3. The molecule has 0 aromatic carbocycles. The smallest absolute Gasteiger partial charge is 0.131 e. The summed E-state index contributed by atoms with van der Waals surface area (Å²) in [6.07, 6.45) is 8.83. The first-order valence-corrected chi connectivity index (χ1v) is 6.74. The third kappa shape index (κ3) is 1.38. The number of hydrogen-bond donors (Lipinski definition) is 1. The molecule has 1 fully saturated rings. The predicted octanol–water partition coefficient (Wildman–Crippen LogP) is 2.41. The first-order valence-electron chi connectivity index (χ1n) is 6.74. The number of aliphatic hydroxyl groups is 1. The molecule has 1 N–H and O–H groups in total. The van der Waals surface area contributed by atoms with E-state index in [0.29, 0.717) is 13.0 Å². The van der Waals surface area contributed by atoms with Crippen LogP contribution in [0.2, 0.25) is 0 Å². The Labute approximate surface area is 108 Å². The molecule has 3 heteroatoms. The third-order valence-electron chi connectivity index (χ3n) is 5.24. The molecule has 1 saturated carbocycles. The van der Waals surface area contributed by atoms with Crippen LogP contribution in [-0.2, 0) is 9.47 Å². The van der Waals surface area contributed by atoms with Gasteiger partial charge in [-0.2, -0.15) is 0 Å². The van der Waals surface area contributed by atoms with Crippen molar-refractivity contribution in [3.8, 4) is 0 Å². The molecule has 18 heavy (non-hydrogen) atoms. The SMILES string of the molecule is CO[C@]1(C)C[C@@]2(C)C=C[C@@H]1C[C@]2(O)C1=CCCO1. The van der Waals surface area contributed by atoms with E-state index in [1.165, 1.54) is 0 Å². The molecule has 0 saturated heterocycles. The maximum atomic E-state index is 11.1. The molecule has 100 valence electrons. The van der Waals surface area contributed by atoms with Gasteiger partial charge in [0, 0.05) is 24.9 Å². The second-order valence-electron chi connectivity index (χ2n) is 6.35. The Hall–Kier alpha value is -0.800. The first-order chi connectivity index (χ1) is 8.44. The molecular weight excluding hydrogens is 228 g/mol. The predicted molar refractivity (Wildman–Crippen MR) is 69.0 cm³/mol. The van der Waals surface area contributed by atoms with Gasteiger partial charge in [-0.15, -0.1) is 0 Å². The lowest BCUT2D eigenvalue weighted by Crippen LogP contribution is -2.62. The summed E-state index contributed by atoms with van der Waals surface area (Å²) in [5, 5.41) is 11.1. The highest BCUT2D eigenvalue weighted by atomic mass is 16.5. The number of methoxy groups -OCH3 is 1. The van der Waals surface area contributed by atoms with Crippen molar-refractivity contribution in [3.63, 3.8) is 0 Å². The average molecular weight is 250 g/mol. The Bertz CT molecular complexity index is 427. The van der Waals surface area contributed by atoms with Gasteiger partial charge in [0.15, 0.2) is 0 Å². The normalized spacial score (nSPS) is 50.2. The molecule has 1 heterocycles. The minimum Gasteiger partial charge on any atom is -0.495 e. The van der Waals surface area contributed by atoms with Crippen LogP contribution in [-0.4, -0.2) is 30.0 Å². The van der Waals surface area contributed by atoms with Crippen molar-refractivity contribution in [1.82, 2.24) is 0 Å². The first kappa shape index (κ1) is 12.2. The summed E-state index contributed by atoms with van der Waals surface area (Å²) < 4.78 is 11.4. The highest BCUT2D eigenvalue weighted by Gasteiger charge is 2.62. The second kappa shape index (κ2) is 3.61. The Morgan fingerprint density at radius 3 is 2.78 bits per heavy atom. The van der Waals surface area contributed by atoms with Crippen molar-refractivity contribution >= 4 is 0 Å². The molecule has 4 rings (SSSR count). The van der Waals surface area contributed by atoms with E-state index in [0.717, 1.165) is 18.6 Å². The van der Waals surface area contributed by atoms with Crippen LogP contribution in [0.4, 0.5) is 0 Å². The maximum absolute atomic E-state index is 11.1. The fourth-order valence-electron chi connectivity index (χ4n) is 3.88. The van der Waals surface area contributed by atoms with Crippen LogP contribution in [0.25, 0.3) is 0 Å². The number of fused-ring (bicyclic) bond motifs is 2. The van der Waals surface area contributed by atoms with Crippen LogP contribution in [0, 0.1) is 11.3 Å². The van der Waals surface area contributed by atoms with Crippen molar-refractivity contribution < 1.29 is 14.6 Å². The van der Waals surface area contributed by atoms with Crippen LogP contribution in [0.15, 0.2) is 24.0 Å². The number of rotatable bonds is 2. The van der Waals surface area contributed by atoms with E-state index < -0.39 is 5.60 Å². The summed E-state index contributed by atoms with van der Waals surface area (Å²) in [6, 6.07) is 0. The van der Waals surface area contributed by atoms with Gasteiger partial charge in [0.25, 0.3) is 0 Å². The minimum absolute atomic E-state index is 0.172. The highest BCUT2D eigenvalue weighted by molar-refractivity contribution is 5.33. The lowest BCUT2D eigenvalue weighted by atomic mass is 9.51. The van der Waals surface area contributed by atoms with Crippen LogP contribution >= 0.6 is 0 Å². The van der Waals surface area contributed by atoms with Crippen LogP contribution < -0.4 is 0 Å². The molecule has 0 radical (unpaired) electrons. The highest BCUT2D eigenvalue weighted by Crippen LogP contribution is 2.59. The number of ether oxygens (including phenoxy) is 2. The van der Waals surface area contributed by atoms with Gasteiger partial charge >= 0.3 is 0 Å². The minimum atomic E-state index is -0.860. The monoisotopic (exact) mass is 250 g/mol. The van der Waals surface area contributed by atoms with E-state index in [9.17, 15) is 5.11 Å². The number of hydrogen-bond acceptors (Lipinski definition) is 3. The maximum Gasteiger partial charge on any atom is 0.131 e. The van der Waals surface area contributed by atoms with E-state index in [4.69, 9.17) is 9.47 Å². The molecule has 1 aliphatic heterocycles. The Morgan fingerprint density at radius 1 is 1.44 bits per heavy atom. The Balaban J connectivity index is 2.01. The van der Waals surface area contributed by atoms with Gasteiger partial charge < -0.3 is 14.6 Å². The summed E-state index contributed by atoms with van der Waals surface area (Å²) >= 11 is 0. The van der Waals surface area contributed by atoms with Gasteiger partial charge in [-0.1, -0.05) is 19.1 Å². The van der Waals surface area contributed by atoms with E-state index >= 15 is 0 Å². The molecule has 0 aromatic rings. The molecule has 4 atom stereocenters. The largest absolute Gasteiger partial charge is 0.495 e. The zero-order valence-corrected chi connectivity index (χ0v) is 11.4. The van der Waals surface area contributed by atoms with Crippen LogP contribution in [0.1, 0.15) is 33.1 Å². The Kier molecular flexibility index (Phi) is 2.46. The fraction of sp³-hybridized carbons (Fsp3) is 0.733. The summed E-state index contributed by atoms with van der Waals surface area (Å²) in [5.74, 6) is 1.02. The lowest BCUT2D eigenvalue weighted by molar-refractivity contribution is -0.179. The second-order valence-corrected chi connectivity index (χ2v) is 6.35. The van der Waals surface area contributed by atoms with Crippen LogP contribution in [0.5, 0.6) is 0 Å². The van der Waals surface area contributed by atoms with Crippen molar-refractivity contribution in [1.29, 1.82) is 0 Å². The van der Waals surface area contributed by atoms with E-state index in [1.54, 1.807) is 7.11 Å². The summed E-state index contributed by atoms with van der Waals surface area (Å²) in [4.78, 5) is 0. The van der Waals surface area contributed by atoms with E-state index in [2.05, 4.69) is 26.0 Å². The van der Waals surface area contributed by atoms with Crippen molar-refractivity contribution in [2.24, 2.45) is 11.3 Å². The molecule has 3 aliphatic carbocycles. The topological polar surface area (TPSA) is 38.7 Å². The fourth-order valence-corrected chi connectivity index (χ4v) is 3.88. The molecule has 2 bridgehead atoms. The lowest BCUT2D eigenvalue weighted by Gasteiger charge is -2.58. The van der Waals surface area contributed by atoms with Gasteiger partial charge in [0.1, 0.15) is 11.4 Å². The van der Waals surface area contributed by atoms with E-state index in [1.807, 2.05) is 6.08 Å². The van der Waals surface area contributed by atoms with Gasteiger partial charge in [0.05, 0.1) is 12.2 Å². The van der Waals surface area contributed by atoms with Gasteiger partial charge in [0.2, 0.25) is 0 Å². The van der Waals surface area contributed by atoms with Gasteiger partial charge in [-0.25, -0.2) is 0 Å². The van der Waals surface area contributed by atoms with Crippen molar-refractivity contribution in [2.75, 3.05) is 13.7 Å². The van der Waals surface area contributed by atoms with Crippen molar-refractivity contribution in [2.45, 2.75) is 44.3 Å². The van der Waals surface area contributed by atoms with Crippen LogP contribution in [0.3, 0.4) is 0 Å². The quantitative estimate of drug-likeness (QED) is 0.765. The zero-order chi connectivity index (χ0) is 13.0. The molecule has 0 aromatic heterocycles. The average Bonchev–Trinajstić information content (AvgIpc) is 2.86. The summed E-state index contributed by atoms with van der Waals surface area (Å²) in [6.45, 7) is 4.95. The van der Waals surface area contributed by atoms with E-state index in [-0.39, 0.29) is 16.9 Å². The standard InChI is InChI=1S/C15H22O3/c1-13-7-6-11(14(2,10-13)17-3)9-15(13,16)12-5-4-8-18-12/h5-7,11,16H,4,8-10H2,1-3H3/t11-,13-,14-,15+/m1/s1. The molecule has 3 nitrogen and oxygen atoms in total. The third-order valence-corrected chi connectivity index (χ3v) is 5.24. The Morgan fingerprint density at radius 2 is 2.22 bits per heavy atom. The molecule has 4 aliphatic rings. The summed E-state index contributed by atoms with van der Waals surface area (Å²) in [5.41, 5.74) is -1.33. The van der Waals surface area contributed by atoms with Gasteiger partial charge in [-0.05, 0) is 25.8 Å². The molecule has 0 spiro atoms. The van der Waals surface area contributed by atoms with Crippen molar-refractivity contribution in [3.05, 3.63) is 24.0 Å². The van der Waals surface area contributed by atoms with Gasteiger partial charge in [-0.3, -0.25) is 0 Å².